The number of piperidine rings is 1. The standard InChI is InChI=1S/C17H21Cl2F3N2O5S/c1-28-6-7-30(26,27)24-4-2-10(3-5-24)15(23)11-8-12(18)13(19)9-14(11)29-16(25)17(20,21)22/h8-10,15H,2-7,23H2,1H3/t15-/m1/s1. The Labute approximate surface area is 182 Å². The maximum Gasteiger partial charge on any atom is 0.491 e. The summed E-state index contributed by atoms with van der Waals surface area (Å²) in [5.41, 5.74) is 6.33. The number of nitrogens with zero attached hydrogens (tertiary/aromatic N) is 1. The van der Waals surface area contributed by atoms with Gasteiger partial charge in [0.1, 0.15) is 5.75 Å². The Bertz CT molecular complexity index is 875. The molecule has 0 bridgehead atoms. The first-order valence-electron chi connectivity index (χ1n) is 8.87. The lowest BCUT2D eigenvalue weighted by atomic mass is 9.86. The van der Waals surface area contributed by atoms with Crippen molar-refractivity contribution < 1.29 is 35.9 Å². The average molecular weight is 493 g/mol. The first-order valence-corrected chi connectivity index (χ1v) is 11.2. The van der Waals surface area contributed by atoms with Crippen LogP contribution in [0.25, 0.3) is 0 Å². The number of halogens is 5. The Hall–Kier alpha value is -1.11. The van der Waals surface area contributed by atoms with E-state index in [0.29, 0.717) is 12.8 Å². The van der Waals surface area contributed by atoms with E-state index in [9.17, 15) is 26.4 Å². The topological polar surface area (TPSA) is 98.9 Å². The van der Waals surface area contributed by atoms with Crippen molar-refractivity contribution in [3.05, 3.63) is 27.7 Å². The van der Waals surface area contributed by atoms with Crippen LogP contribution in [0.2, 0.25) is 10.0 Å². The molecule has 1 aliphatic heterocycles. The second kappa shape index (κ2) is 10.0. The number of hydrogen-bond donors (Lipinski definition) is 1. The summed E-state index contributed by atoms with van der Waals surface area (Å²) >= 11 is 11.8. The van der Waals surface area contributed by atoms with Crippen molar-refractivity contribution in [1.29, 1.82) is 0 Å². The second-order valence-electron chi connectivity index (χ2n) is 6.76. The minimum absolute atomic E-state index is 0.0357. The minimum Gasteiger partial charge on any atom is -0.419 e. The summed E-state index contributed by atoms with van der Waals surface area (Å²) in [6, 6.07) is 1.42. The van der Waals surface area contributed by atoms with Gasteiger partial charge in [0.25, 0.3) is 0 Å². The maximum absolute atomic E-state index is 12.6. The molecule has 1 aromatic rings. The molecule has 0 unspecified atom stereocenters. The van der Waals surface area contributed by atoms with E-state index in [0.717, 1.165) is 6.07 Å². The normalized spacial score (nSPS) is 17.7. The number of methoxy groups -OCH3 is 1. The van der Waals surface area contributed by atoms with Crippen molar-refractivity contribution in [3.8, 4) is 5.75 Å². The van der Waals surface area contributed by atoms with Crippen LogP contribution >= 0.6 is 23.2 Å². The van der Waals surface area contributed by atoms with Gasteiger partial charge in [0.15, 0.2) is 0 Å². The summed E-state index contributed by atoms with van der Waals surface area (Å²) < 4.78 is 73.0. The van der Waals surface area contributed by atoms with Gasteiger partial charge in [0.2, 0.25) is 10.0 Å². The minimum atomic E-state index is -5.20. The van der Waals surface area contributed by atoms with Gasteiger partial charge in [-0.3, -0.25) is 0 Å². The number of hydrogen-bond acceptors (Lipinski definition) is 6. The van der Waals surface area contributed by atoms with Crippen molar-refractivity contribution in [2.45, 2.75) is 25.1 Å². The van der Waals surface area contributed by atoms with E-state index in [4.69, 9.17) is 33.7 Å². The molecule has 2 N–H and O–H groups in total. The van der Waals surface area contributed by atoms with E-state index in [-0.39, 0.29) is 47.0 Å². The molecule has 0 saturated carbocycles. The van der Waals surface area contributed by atoms with E-state index in [1.165, 1.54) is 17.5 Å². The molecule has 13 heteroatoms. The highest BCUT2D eigenvalue weighted by atomic mass is 35.5. The van der Waals surface area contributed by atoms with Crippen molar-refractivity contribution >= 4 is 39.2 Å². The first kappa shape index (κ1) is 25.2. The fourth-order valence-corrected chi connectivity index (χ4v) is 4.86. The van der Waals surface area contributed by atoms with Crippen molar-refractivity contribution in [2.24, 2.45) is 11.7 Å². The van der Waals surface area contributed by atoms with Gasteiger partial charge in [-0.15, -0.1) is 0 Å². The molecule has 2 rings (SSSR count). The van der Waals surface area contributed by atoms with Gasteiger partial charge in [0, 0.05) is 37.9 Å². The summed E-state index contributed by atoms with van der Waals surface area (Å²) in [6.07, 6.45) is -4.48. The Morgan fingerprint density at radius 3 is 2.37 bits per heavy atom. The van der Waals surface area contributed by atoms with Crippen LogP contribution in [0.1, 0.15) is 24.4 Å². The molecule has 0 radical (unpaired) electrons. The molecule has 0 spiro atoms. The molecule has 0 aliphatic carbocycles. The fraction of sp³-hybridized carbons (Fsp3) is 0.588. The first-order chi connectivity index (χ1) is 13.9. The number of alkyl halides is 3. The van der Waals surface area contributed by atoms with E-state index >= 15 is 0 Å². The zero-order valence-electron chi connectivity index (χ0n) is 15.9. The van der Waals surface area contributed by atoms with Gasteiger partial charge in [-0.05, 0) is 24.8 Å². The van der Waals surface area contributed by atoms with Crippen LogP contribution in [0.15, 0.2) is 12.1 Å². The number of esters is 1. The van der Waals surface area contributed by atoms with Gasteiger partial charge in [-0.2, -0.15) is 13.2 Å². The van der Waals surface area contributed by atoms with Gasteiger partial charge in [-0.1, -0.05) is 23.2 Å². The van der Waals surface area contributed by atoms with E-state index in [1.807, 2.05) is 0 Å². The molecule has 30 heavy (non-hydrogen) atoms. The molecule has 170 valence electrons. The molecular weight excluding hydrogens is 472 g/mol. The summed E-state index contributed by atoms with van der Waals surface area (Å²) in [5.74, 6) is -3.27. The molecule has 7 nitrogen and oxygen atoms in total. The third-order valence-electron chi connectivity index (χ3n) is 4.79. The summed E-state index contributed by atoms with van der Waals surface area (Å²) in [6.45, 7) is 0.464. The molecule has 1 heterocycles. The zero-order chi connectivity index (χ0) is 22.7. The number of benzene rings is 1. The van der Waals surface area contributed by atoms with Crippen LogP contribution in [0.5, 0.6) is 5.75 Å². The smallest absolute Gasteiger partial charge is 0.419 e. The lowest BCUT2D eigenvalue weighted by molar-refractivity contribution is -0.189. The highest BCUT2D eigenvalue weighted by Gasteiger charge is 2.42. The highest BCUT2D eigenvalue weighted by molar-refractivity contribution is 7.89. The number of rotatable bonds is 7. The van der Waals surface area contributed by atoms with Crippen LogP contribution in [-0.4, -0.2) is 57.4 Å². The molecule has 0 aromatic heterocycles. The van der Waals surface area contributed by atoms with Crippen molar-refractivity contribution in [3.63, 3.8) is 0 Å². The summed E-state index contributed by atoms with van der Waals surface area (Å²) in [7, 11) is -2.07. The molecule has 0 amide bonds. The lowest BCUT2D eigenvalue weighted by Gasteiger charge is -2.34. The van der Waals surface area contributed by atoms with Crippen molar-refractivity contribution in [2.75, 3.05) is 32.6 Å². The Balaban J connectivity index is 2.18. The molecule has 1 aliphatic rings. The van der Waals surface area contributed by atoms with Gasteiger partial charge >= 0.3 is 12.1 Å². The third-order valence-corrected chi connectivity index (χ3v) is 7.35. The number of carbonyl (C=O) groups is 1. The monoisotopic (exact) mass is 492 g/mol. The fourth-order valence-electron chi connectivity index (χ4n) is 3.14. The van der Waals surface area contributed by atoms with Crippen LogP contribution in [0, 0.1) is 5.92 Å². The zero-order valence-corrected chi connectivity index (χ0v) is 18.2. The molecular formula is C17H21Cl2F3N2O5S. The van der Waals surface area contributed by atoms with E-state index in [1.54, 1.807) is 0 Å². The number of ether oxygens (including phenoxy) is 2. The van der Waals surface area contributed by atoms with Crippen LogP contribution in [0.4, 0.5) is 13.2 Å². The average Bonchev–Trinajstić information content (AvgIpc) is 2.68. The quantitative estimate of drug-likeness (QED) is 0.463. The number of nitrogens with two attached hydrogens (primary N) is 1. The highest BCUT2D eigenvalue weighted by Crippen LogP contribution is 2.39. The van der Waals surface area contributed by atoms with Gasteiger partial charge in [-0.25, -0.2) is 17.5 Å². The summed E-state index contributed by atoms with van der Waals surface area (Å²) in [4.78, 5) is 11.3. The number of carbonyl (C=O) groups excluding carboxylic acids is 1. The van der Waals surface area contributed by atoms with E-state index in [2.05, 4.69) is 4.74 Å². The number of sulfonamides is 1. The second-order valence-corrected chi connectivity index (χ2v) is 9.67. The van der Waals surface area contributed by atoms with Gasteiger partial charge < -0.3 is 15.2 Å². The van der Waals surface area contributed by atoms with E-state index < -0.39 is 34.0 Å². The third kappa shape index (κ3) is 6.21. The SMILES string of the molecule is COCCS(=O)(=O)N1CCC([C@@H](N)c2cc(Cl)c(Cl)cc2OC(=O)C(F)(F)F)CC1. The van der Waals surface area contributed by atoms with Crippen molar-refractivity contribution in [1.82, 2.24) is 4.31 Å². The Kier molecular flexibility index (Phi) is 8.39. The van der Waals surface area contributed by atoms with Crippen LogP contribution in [0.3, 0.4) is 0 Å². The maximum atomic E-state index is 12.6. The predicted octanol–water partition coefficient (Wildman–Crippen LogP) is 3.15. The molecule has 1 saturated heterocycles. The Morgan fingerprint density at radius 2 is 1.83 bits per heavy atom. The van der Waals surface area contributed by atoms with Gasteiger partial charge in [0.05, 0.1) is 22.4 Å². The molecule has 1 atom stereocenters. The Morgan fingerprint density at radius 1 is 1.27 bits per heavy atom. The predicted molar refractivity (Wildman–Crippen MR) is 105 cm³/mol. The molecule has 1 fully saturated rings. The molecule has 1 aromatic carbocycles. The lowest BCUT2D eigenvalue weighted by Crippen LogP contribution is -2.42. The summed E-state index contributed by atoms with van der Waals surface area (Å²) in [5, 5.41) is -0.0647. The largest absolute Gasteiger partial charge is 0.491 e. The van der Waals surface area contributed by atoms with Crippen LogP contribution in [-0.2, 0) is 19.6 Å². The van der Waals surface area contributed by atoms with Crippen LogP contribution < -0.4 is 10.5 Å².